The van der Waals surface area contributed by atoms with E-state index in [2.05, 4.69) is 0 Å². The molecule has 0 saturated heterocycles. The second-order valence-corrected chi connectivity index (χ2v) is 2.58. The fraction of sp³-hybridized carbons (Fsp3) is 0. The molecule has 11 heavy (non-hydrogen) atoms. The summed E-state index contributed by atoms with van der Waals surface area (Å²) in [5.74, 6) is -0.462. The van der Waals surface area contributed by atoms with Crippen molar-refractivity contribution >= 4 is 20.5 Å². The van der Waals surface area contributed by atoms with Crippen LogP contribution in [-0.2, 0) is 4.79 Å². The Morgan fingerprint density at radius 2 is 1.64 bits per heavy atom. The minimum absolute atomic E-state index is 0.438. The van der Waals surface area contributed by atoms with Crippen LogP contribution in [0.15, 0.2) is 30.3 Å². The van der Waals surface area contributed by atoms with Gasteiger partial charge in [0.15, 0.2) is 0 Å². The van der Waals surface area contributed by atoms with Gasteiger partial charge < -0.3 is 0 Å². The molecule has 0 aliphatic carbocycles. The predicted octanol–water partition coefficient (Wildman–Crippen LogP) is 1.27. The molecule has 0 aliphatic heterocycles. The van der Waals surface area contributed by atoms with Crippen LogP contribution in [0.25, 0.3) is 0 Å². The van der Waals surface area contributed by atoms with Crippen molar-refractivity contribution in [2.75, 3.05) is 0 Å². The predicted molar refractivity (Wildman–Crippen MR) is 45.5 cm³/mol. The zero-order chi connectivity index (χ0) is 8.27. The second kappa shape index (κ2) is 3.40. The summed E-state index contributed by atoms with van der Waals surface area (Å²) in [5.41, 5.74) is -0.0660. The van der Waals surface area contributed by atoms with Gasteiger partial charge in [0, 0.05) is 5.56 Å². The number of ketones is 1. The Kier molecular flexibility index (Phi) is 2.50. The summed E-state index contributed by atoms with van der Waals surface area (Å²) in [5, 5.41) is 0. The number of benzene rings is 1. The highest BCUT2D eigenvalue weighted by atomic mass is 31.0. The van der Waals surface area contributed by atoms with Crippen molar-refractivity contribution in [2.24, 2.45) is 0 Å². The Labute approximate surface area is 66.8 Å². The number of Topliss-reactive ketones (excluding diaryl/α,β-unsaturated/α-hetero) is 1. The molecule has 2 nitrogen and oxygen atoms in total. The van der Waals surface area contributed by atoms with Gasteiger partial charge in [0.1, 0.15) is 0 Å². The average molecular weight is 166 g/mol. The second-order valence-electron chi connectivity index (χ2n) is 2.06. The summed E-state index contributed by atoms with van der Waals surface area (Å²) in [7, 11) is 1.86. The minimum atomic E-state index is -0.504. The van der Waals surface area contributed by atoms with E-state index in [0.717, 1.165) is 0 Å². The highest BCUT2D eigenvalue weighted by Crippen LogP contribution is 2.02. The summed E-state index contributed by atoms with van der Waals surface area (Å²) < 4.78 is 0. The molecule has 56 valence electrons. The normalized spacial score (nSPS) is 9.18. The van der Waals surface area contributed by atoms with Crippen LogP contribution in [0.2, 0.25) is 0 Å². The van der Waals surface area contributed by atoms with Gasteiger partial charge in [0.25, 0.3) is 0 Å². The van der Waals surface area contributed by atoms with E-state index < -0.39 is 11.3 Å². The van der Waals surface area contributed by atoms with Gasteiger partial charge in [-0.1, -0.05) is 39.6 Å². The van der Waals surface area contributed by atoms with Crippen LogP contribution in [0.3, 0.4) is 0 Å². The Morgan fingerprint density at radius 1 is 1.09 bits per heavy atom. The molecule has 0 aromatic heterocycles. The summed E-state index contributed by atoms with van der Waals surface area (Å²) in [6.07, 6.45) is 0. The Morgan fingerprint density at radius 3 is 2.09 bits per heavy atom. The van der Waals surface area contributed by atoms with Gasteiger partial charge in [-0.3, -0.25) is 9.59 Å². The summed E-state index contributed by atoms with van der Waals surface area (Å²) in [6.45, 7) is 0. The molecule has 1 aromatic rings. The van der Waals surface area contributed by atoms with Gasteiger partial charge in [0.2, 0.25) is 11.3 Å². The van der Waals surface area contributed by atoms with Crippen LogP contribution in [0.4, 0.5) is 0 Å². The van der Waals surface area contributed by atoms with Crippen molar-refractivity contribution in [1.29, 1.82) is 0 Å². The third-order valence-corrected chi connectivity index (χ3v) is 1.52. The lowest BCUT2D eigenvalue weighted by Crippen LogP contribution is -2.05. The third kappa shape index (κ3) is 1.95. The molecular weight excluding hydrogens is 159 g/mol. The van der Waals surface area contributed by atoms with Gasteiger partial charge in [-0.25, -0.2) is 0 Å². The lowest BCUT2D eigenvalue weighted by atomic mass is 10.1. The quantitative estimate of drug-likeness (QED) is 0.376. The minimum Gasteiger partial charge on any atom is -0.286 e. The third-order valence-electron chi connectivity index (χ3n) is 1.26. The molecule has 1 atom stereocenters. The van der Waals surface area contributed by atoms with E-state index in [-0.39, 0.29) is 0 Å². The molecule has 3 heteroatoms. The van der Waals surface area contributed by atoms with Crippen molar-refractivity contribution in [3.05, 3.63) is 35.9 Å². The Balaban J connectivity index is 2.95. The number of rotatable bonds is 2. The first-order chi connectivity index (χ1) is 5.22. The van der Waals surface area contributed by atoms with Gasteiger partial charge in [-0.2, -0.15) is 0 Å². The molecule has 0 fully saturated rings. The van der Waals surface area contributed by atoms with Crippen molar-refractivity contribution in [1.82, 2.24) is 0 Å². The molecule has 0 spiro atoms. The lowest BCUT2D eigenvalue weighted by molar-refractivity contribution is -0.107. The molecule has 0 radical (unpaired) electrons. The zero-order valence-corrected chi connectivity index (χ0v) is 6.94. The summed E-state index contributed by atoms with van der Waals surface area (Å²) >= 11 is 0. The standard InChI is InChI=1S/C8H7O2P/c9-7(8(10)11)6-4-2-1-3-5-6/h1-5H,11H2. The SMILES string of the molecule is O=C(P)C(=O)c1ccccc1. The number of hydrogen-bond donors (Lipinski definition) is 0. The molecule has 0 heterocycles. The fourth-order valence-corrected chi connectivity index (χ4v) is 0.898. The van der Waals surface area contributed by atoms with Crippen molar-refractivity contribution in [2.45, 2.75) is 0 Å². The van der Waals surface area contributed by atoms with Crippen LogP contribution in [-0.4, -0.2) is 11.3 Å². The van der Waals surface area contributed by atoms with Gasteiger partial charge >= 0.3 is 0 Å². The zero-order valence-electron chi connectivity index (χ0n) is 5.78. The van der Waals surface area contributed by atoms with Crippen LogP contribution >= 0.6 is 9.24 Å². The molecule has 1 rings (SSSR count). The van der Waals surface area contributed by atoms with Gasteiger partial charge in [0.05, 0.1) is 0 Å². The molecule has 1 unspecified atom stereocenters. The maximum absolute atomic E-state index is 11.0. The molecule has 1 aromatic carbocycles. The summed E-state index contributed by atoms with van der Waals surface area (Å²) in [4.78, 5) is 21.5. The maximum atomic E-state index is 11.0. The first-order valence-electron chi connectivity index (χ1n) is 3.11. The largest absolute Gasteiger partial charge is 0.286 e. The lowest BCUT2D eigenvalue weighted by Gasteiger charge is -1.92. The average Bonchev–Trinajstić information content (AvgIpc) is 2.05. The van der Waals surface area contributed by atoms with Crippen LogP contribution < -0.4 is 0 Å². The molecular formula is C8H7O2P. The van der Waals surface area contributed by atoms with E-state index in [1.54, 1.807) is 30.3 Å². The van der Waals surface area contributed by atoms with Crippen molar-refractivity contribution in [3.8, 4) is 0 Å². The van der Waals surface area contributed by atoms with E-state index in [9.17, 15) is 9.59 Å². The first-order valence-corrected chi connectivity index (χ1v) is 3.68. The first kappa shape index (κ1) is 8.09. The van der Waals surface area contributed by atoms with Crippen LogP contribution in [0.1, 0.15) is 10.4 Å². The maximum Gasteiger partial charge on any atom is 0.232 e. The van der Waals surface area contributed by atoms with E-state index in [4.69, 9.17) is 0 Å². The molecule has 0 amide bonds. The topological polar surface area (TPSA) is 34.1 Å². The molecule has 0 N–H and O–H groups in total. The number of carbonyl (C=O) groups excluding carboxylic acids is 2. The van der Waals surface area contributed by atoms with Gasteiger partial charge in [-0.15, -0.1) is 0 Å². The number of carbonyl (C=O) groups is 2. The Hall–Kier alpha value is -1.01. The highest BCUT2D eigenvalue weighted by Gasteiger charge is 2.08. The Bertz CT molecular complexity index is 279. The smallest absolute Gasteiger partial charge is 0.232 e. The van der Waals surface area contributed by atoms with Crippen molar-refractivity contribution < 1.29 is 9.59 Å². The molecule has 0 aliphatic rings. The van der Waals surface area contributed by atoms with Gasteiger partial charge in [-0.05, 0) is 0 Å². The van der Waals surface area contributed by atoms with E-state index in [1.165, 1.54) is 0 Å². The van der Waals surface area contributed by atoms with E-state index in [1.807, 2.05) is 9.24 Å². The van der Waals surface area contributed by atoms with Crippen molar-refractivity contribution in [3.63, 3.8) is 0 Å². The fourth-order valence-electron chi connectivity index (χ4n) is 0.732. The highest BCUT2D eigenvalue weighted by molar-refractivity contribution is 7.45. The van der Waals surface area contributed by atoms with E-state index >= 15 is 0 Å². The summed E-state index contributed by atoms with van der Waals surface area (Å²) in [6, 6.07) is 8.47. The van der Waals surface area contributed by atoms with E-state index in [0.29, 0.717) is 5.56 Å². The molecule has 0 saturated carbocycles. The molecule has 0 bridgehead atoms. The van der Waals surface area contributed by atoms with Crippen LogP contribution in [0.5, 0.6) is 0 Å². The number of hydrogen-bond acceptors (Lipinski definition) is 2. The monoisotopic (exact) mass is 166 g/mol. The van der Waals surface area contributed by atoms with Crippen LogP contribution in [0, 0.1) is 0 Å².